The Morgan fingerprint density at radius 1 is 1.26 bits per heavy atom. The number of nitrogens with one attached hydrogen (secondary N) is 1. The number of fused-ring (bicyclic) bond motifs is 1. The van der Waals surface area contributed by atoms with Crippen LogP contribution in [-0.4, -0.2) is 16.7 Å². The second kappa shape index (κ2) is 4.46. The highest BCUT2D eigenvalue weighted by Gasteiger charge is 2.23. The van der Waals surface area contributed by atoms with E-state index >= 15 is 0 Å². The Bertz CT molecular complexity index is 596. The lowest BCUT2D eigenvalue weighted by molar-refractivity contribution is 0.402. The molecule has 1 aromatic heterocycles. The summed E-state index contributed by atoms with van der Waals surface area (Å²) >= 11 is 0. The minimum absolute atomic E-state index is 0.0852. The monoisotopic (exact) mass is 257 g/mol. The first-order chi connectivity index (χ1) is 9.05. The van der Waals surface area contributed by atoms with Gasteiger partial charge in [-0.3, -0.25) is 0 Å². The molecule has 1 aromatic carbocycles. The minimum atomic E-state index is -0.0852. The van der Waals surface area contributed by atoms with Gasteiger partial charge >= 0.3 is 0 Å². The van der Waals surface area contributed by atoms with Crippen LogP contribution in [0.15, 0.2) is 22.7 Å². The van der Waals surface area contributed by atoms with Gasteiger partial charge in [-0.2, -0.15) is 4.98 Å². The summed E-state index contributed by atoms with van der Waals surface area (Å²) in [5.74, 6) is 1.40. The molecule has 1 aliphatic heterocycles. The molecule has 0 radical (unpaired) electrons. The molecule has 1 N–H and O–H groups in total. The van der Waals surface area contributed by atoms with Crippen molar-refractivity contribution in [2.75, 3.05) is 6.54 Å². The molecule has 0 spiro atoms. The fraction of sp³-hybridized carbons (Fsp3) is 0.467. The molecule has 0 amide bonds. The van der Waals surface area contributed by atoms with Gasteiger partial charge < -0.3 is 9.84 Å². The van der Waals surface area contributed by atoms with Crippen LogP contribution in [0.25, 0.3) is 11.5 Å². The lowest BCUT2D eigenvalue weighted by Crippen LogP contribution is -2.24. The third-order valence-electron chi connectivity index (χ3n) is 3.47. The van der Waals surface area contributed by atoms with Gasteiger partial charge in [-0.05, 0) is 30.2 Å². The standard InChI is InChI=1S/C15H19N3O/c1-15(2,3)14-17-13(19-18-14)12-6-4-5-10-9-16-8-7-11(10)12/h4-6,16H,7-9H2,1-3H3. The van der Waals surface area contributed by atoms with Gasteiger partial charge in [-0.25, -0.2) is 0 Å². The summed E-state index contributed by atoms with van der Waals surface area (Å²) in [7, 11) is 0. The molecule has 4 nitrogen and oxygen atoms in total. The van der Waals surface area contributed by atoms with Crippen LogP contribution in [0, 0.1) is 0 Å². The molecule has 4 heteroatoms. The van der Waals surface area contributed by atoms with Gasteiger partial charge in [0.05, 0.1) is 0 Å². The topological polar surface area (TPSA) is 51.0 Å². The average molecular weight is 257 g/mol. The molecular weight excluding hydrogens is 238 g/mol. The minimum Gasteiger partial charge on any atom is -0.334 e. The van der Waals surface area contributed by atoms with Crippen LogP contribution in [0.1, 0.15) is 37.7 Å². The Morgan fingerprint density at radius 3 is 2.84 bits per heavy atom. The smallest absolute Gasteiger partial charge is 0.258 e. The molecule has 0 unspecified atom stereocenters. The molecular formula is C15H19N3O. The predicted octanol–water partition coefficient (Wildman–Crippen LogP) is 2.68. The summed E-state index contributed by atoms with van der Waals surface area (Å²) in [6.45, 7) is 8.19. The molecule has 1 aliphatic rings. The molecule has 3 rings (SSSR count). The maximum Gasteiger partial charge on any atom is 0.258 e. The van der Waals surface area contributed by atoms with E-state index in [2.05, 4.69) is 54.4 Å². The average Bonchev–Trinajstić information content (AvgIpc) is 2.87. The second-order valence-corrected chi connectivity index (χ2v) is 6.04. The van der Waals surface area contributed by atoms with E-state index in [0.717, 1.165) is 30.9 Å². The summed E-state index contributed by atoms with van der Waals surface area (Å²) in [5.41, 5.74) is 3.67. The van der Waals surface area contributed by atoms with Crippen molar-refractivity contribution in [2.45, 2.75) is 39.2 Å². The number of hydrogen-bond acceptors (Lipinski definition) is 4. The molecule has 0 saturated heterocycles. The van der Waals surface area contributed by atoms with Crippen molar-refractivity contribution in [3.05, 3.63) is 35.2 Å². The molecule has 100 valence electrons. The normalized spacial score (nSPS) is 15.3. The summed E-state index contributed by atoms with van der Waals surface area (Å²) in [5, 5.41) is 7.49. The number of nitrogens with zero attached hydrogens (tertiary/aromatic N) is 2. The van der Waals surface area contributed by atoms with Crippen LogP contribution in [-0.2, 0) is 18.4 Å². The highest BCUT2D eigenvalue weighted by Crippen LogP contribution is 2.29. The van der Waals surface area contributed by atoms with Crippen molar-refractivity contribution < 1.29 is 4.52 Å². The van der Waals surface area contributed by atoms with E-state index in [-0.39, 0.29) is 5.41 Å². The van der Waals surface area contributed by atoms with Crippen molar-refractivity contribution >= 4 is 0 Å². The van der Waals surface area contributed by atoms with Gasteiger partial charge in [0.2, 0.25) is 0 Å². The molecule has 0 saturated carbocycles. The first kappa shape index (κ1) is 12.4. The number of benzene rings is 1. The summed E-state index contributed by atoms with van der Waals surface area (Å²) in [4.78, 5) is 4.56. The van der Waals surface area contributed by atoms with E-state index in [4.69, 9.17) is 4.52 Å². The zero-order valence-electron chi connectivity index (χ0n) is 11.7. The van der Waals surface area contributed by atoms with Gasteiger partial charge in [-0.1, -0.05) is 38.1 Å². The quantitative estimate of drug-likeness (QED) is 0.853. The summed E-state index contributed by atoms with van der Waals surface area (Å²) in [6.07, 6.45) is 1.01. The van der Waals surface area contributed by atoms with Gasteiger partial charge in [0, 0.05) is 17.5 Å². The highest BCUT2D eigenvalue weighted by atomic mass is 16.5. The first-order valence-electron chi connectivity index (χ1n) is 6.72. The zero-order chi connectivity index (χ0) is 13.5. The van der Waals surface area contributed by atoms with Crippen LogP contribution in [0.4, 0.5) is 0 Å². The van der Waals surface area contributed by atoms with Crippen molar-refractivity contribution in [3.63, 3.8) is 0 Å². The van der Waals surface area contributed by atoms with Gasteiger partial charge in [0.25, 0.3) is 5.89 Å². The Morgan fingerprint density at radius 2 is 2.11 bits per heavy atom. The maximum atomic E-state index is 5.46. The molecule has 2 heterocycles. The lowest BCUT2D eigenvalue weighted by Gasteiger charge is -2.18. The molecule has 2 aromatic rings. The summed E-state index contributed by atoms with van der Waals surface area (Å²) in [6, 6.07) is 6.29. The molecule has 0 aliphatic carbocycles. The third kappa shape index (κ3) is 2.28. The highest BCUT2D eigenvalue weighted by molar-refractivity contribution is 5.61. The Hall–Kier alpha value is -1.68. The van der Waals surface area contributed by atoms with Crippen molar-refractivity contribution in [3.8, 4) is 11.5 Å². The van der Waals surface area contributed by atoms with Crippen LogP contribution in [0.5, 0.6) is 0 Å². The van der Waals surface area contributed by atoms with E-state index in [1.165, 1.54) is 11.1 Å². The van der Waals surface area contributed by atoms with Crippen LogP contribution < -0.4 is 5.32 Å². The lowest BCUT2D eigenvalue weighted by atomic mass is 9.94. The Labute approximate surface area is 113 Å². The van der Waals surface area contributed by atoms with Gasteiger partial charge in [0.1, 0.15) is 0 Å². The molecule has 0 bridgehead atoms. The van der Waals surface area contributed by atoms with Gasteiger partial charge in [-0.15, -0.1) is 0 Å². The molecule has 0 fully saturated rings. The van der Waals surface area contributed by atoms with E-state index in [9.17, 15) is 0 Å². The van der Waals surface area contributed by atoms with Crippen molar-refractivity contribution in [2.24, 2.45) is 0 Å². The van der Waals surface area contributed by atoms with Crippen LogP contribution in [0.2, 0.25) is 0 Å². The SMILES string of the molecule is CC(C)(C)c1noc(-c2cccc3c2CCNC3)n1. The van der Waals surface area contributed by atoms with E-state index in [0.29, 0.717) is 5.89 Å². The first-order valence-corrected chi connectivity index (χ1v) is 6.72. The maximum absolute atomic E-state index is 5.46. The largest absolute Gasteiger partial charge is 0.334 e. The number of hydrogen-bond donors (Lipinski definition) is 1. The summed E-state index contributed by atoms with van der Waals surface area (Å²) < 4.78 is 5.46. The van der Waals surface area contributed by atoms with Crippen molar-refractivity contribution in [1.29, 1.82) is 0 Å². The zero-order valence-corrected chi connectivity index (χ0v) is 11.7. The van der Waals surface area contributed by atoms with E-state index in [1.807, 2.05) is 0 Å². The Kier molecular flexibility index (Phi) is 2.90. The van der Waals surface area contributed by atoms with Crippen LogP contribution >= 0.6 is 0 Å². The fourth-order valence-electron chi connectivity index (χ4n) is 2.37. The Balaban J connectivity index is 2.05. The molecule has 0 atom stereocenters. The van der Waals surface area contributed by atoms with E-state index < -0.39 is 0 Å². The van der Waals surface area contributed by atoms with Crippen LogP contribution in [0.3, 0.4) is 0 Å². The van der Waals surface area contributed by atoms with Gasteiger partial charge in [0.15, 0.2) is 5.82 Å². The molecule has 19 heavy (non-hydrogen) atoms. The fourth-order valence-corrected chi connectivity index (χ4v) is 2.37. The van der Waals surface area contributed by atoms with E-state index in [1.54, 1.807) is 0 Å². The second-order valence-electron chi connectivity index (χ2n) is 6.04. The number of aromatic nitrogens is 2. The predicted molar refractivity (Wildman–Crippen MR) is 73.8 cm³/mol. The van der Waals surface area contributed by atoms with Crippen molar-refractivity contribution in [1.82, 2.24) is 15.5 Å². The third-order valence-corrected chi connectivity index (χ3v) is 3.47. The number of rotatable bonds is 1.